The number of ether oxygens (including phenoxy) is 3. The third-order valence-corrected chi connectivity index (χ3v) is 2.64. The van der Waals surface area contributed by atoms with Gasteiger partial charge in [0.25, 0.3) is 0 Å². The van der Waals surface area contributed by atoms with Crippen LogP contribution in [0.1, 0.15) is 6.42 Å². The Morgan fingerprint density at radius 3 is 2.58 bits per heavy atom. The number of benzene rings is 1. The fourth-order valence-corrected chi connectivity index (χ4v) is 1.54. The summed E-state index contributed by atoms with van der Waals surface area (Å²) < 4.78 is 16.0. The lowest BCUT2D eigenvalue weighted by Gasteiger charge is -2.15. The molecule has 0 saturated carbocycles. The van der Waals surface area contributed by atoms with Gasteiger partial charge in [0.15, 0.2) is 0 Å². The lowest BCUT2D eigenvalue weighted by atomic mass is 10.2. The van der Waals surface area contributed by atoms with E-state index in [1.54, 1.807) is 7.11 Å². The van der Waals surface area contributed by atoms with E-state index < -0.39 is 0 Å². The van der Waals surface area contributed by atoms with E-state index in [9.17, 15) is 0 Å². The van der Waals surface area contributed by atoms with Crippen molar-refractivity contribution in [2.45, 2.75) is 6.42 Å². The van der Waals surface area contributed by atoms with Crippen LogP contribution in [0.2, 0.25) is 0 Å². The quantitative estimate of drug-likeness (QED) is 0.546. The number of methoxy groups -OCH3 is 1. The van der Waals surface area contributed by atoms with Gasteiger partial charge in [-0.3, -0.25) is 0 Å². The zero-order valence-corrected chi connectivity index (χ0v) is 12.0. The Kier molecular flexibility index (Phi) is 7.07. The van der Waals surface area contributed by atoms with Gasteiger partial charge in [-0.2, -0.15) is 0 Å². The maximum atomic E-state index is 5.87. The Bertz CT molecular complexity index is 370. The van der Waals surface area contributed by atoms with Crippen molar-refractivity contribution in [1.29, 1.82) is 0 Å². The molecule has 0 radical (unpaired) electrons. The second-order valence-corrected chi connectivity index (χ2v) is 4.42. The van der Waals surface area contributed by atoms with Gasteiger partial charge in [0, 0.05) is 46.2 Å². The highest BCUT2D eigenvalue weighted by atomic mass is 16.5. The molecule has 0 saturated heterocycles. The predicted molar refractivity (Wildman–Crippen MR) is 78.0 cm³/mol. The number of nitrogen functional groups attached to an aromatic ring is 1. The summed E-state index contributed by atoms with van der Waals surface area (Å²) in [5, 5.41) is 0. The first-order valence-corrected chi connectivity index (χ1v) is 6.41. The van der Waals surface area contributed by atoms with Gasteiger partial charge in [0.2, 0.25) is 0 Å². The molecule has 0 aromatic heterocycles. The van der Waals surface area contributed by atoms with Crippen LogP contribution in [0, 0.1) is 0 Å². The molecule has 19 heavy (non-hydrogen) atoms. The van der Waals surface area contributed by atoms with E-state index in [0.717, 1.165) is 18.7 Å². The largest absolute Gasteiger partial charge is 0.489 e. The molecule has 0 heterocycles. The third kappa shape index (κ3) is 5.81. The Balaban J connectivity index is 2.30. The lowest BCUT2D eigenvalue weighted by Crippen LogP contribution is -2.11. The van der Waals surface area contributed by atoms with Gasteiger partial charge in [0.05, 0.1) is 12.3 Å². The maximum Gasteiger partial charge on any atom is 0.144 e. The van der Waals surface area contributed by atoms with Crippen molar-refractivity contribution >= 4 is 11.4 Å². The Hall–Kier alpha value is -1.46. The van der Waals surface area contributed by atoms with Gasteiger partial charge in [-0.15, -0.1) is 0 Å². The minimum atomic E-state index is 0.494. The highest BCUT2D eigenvalue weighted by Gasteiger charge is 2.03. The molecule has 0 fully saturated rings. The molecule has 0 bridgehead atoms. The summed E-state index contributed by atoms with van der Waals surface area (Å²) in [6, 6.07) is 5.74. The number of rotatable bonds is 9. The molecule has 1 aromatic rings. The molecule has 1 rings (SSSR count). The molecule has 0 aliphatic heterocycles. The normalized spacial score (nSPS) is 10.5. The van der Waals surface area contributed by atoms with Crippen molar-refractivity contribution in [3.8, 4) is 5.75 Å². The van der Waals surface area contributed by atoms with E-state index in [2.05, 4.69) is 0 Å². The average molecular weight is 268 g/mol. The lowest BCUT2D eigenvalue weighted by molar-refractivity contribution is 0.0808. The fraction of sp³-hybridized carbons (Fsp3) is 0.571. The average Bonchev–Trinajstić information content (AvgIpc) is 2.39. The summed E-state index contributed by atoms with van der Waals surface area (Å²) in [7, 11) is 5.64. The number of hydrogen-bond donors (Lipinski definition) is 1. The second kappa shape index (κ2) is 8.61. The molecule has 5 nitrogen and oxygen atoms in total. The van der Waals surface area contributed by atoms with E-state index in [-0.39, 0.29) is 0 Å². The molecule has 0 atom stereocenters. The van der Waals surface area contributed by atoms with Crippen LogP contribution in [0.25, 0.3) is 0 Å². The van der Waals surface area contributed by atoms with Gasteiger partial charge >= 0.3 is 0 Å². The van der Waals surface area contributed by atoms with Gasteiger partial charge in [-0.1, -0.05) is 0 Å². The molecule has 1 aromatic carbocycles. The molecular weight excluding hydrogens is 244 g/mol. The molecule has 0 unspecified atom stereocenters. The van der Waals surface area contributed by atoms with Crippen LogP contribution in [0.3, 0.4) is 0 Å². The summed E-state index contributed by atoms with van der Waals surface area (Å²) in [5.74, 6) is 0.701. The molecule has 0 aliphatic rings. The first kappa shape index (κ1) is 15.6. The first-order chi connectivity index (χ1) is 9.15. The number of nitrogens with zero attached hydrogens (tertiary/aromatic N) is 1. The molecule has 0 spiro atoms. The Labute approximate surface area is 115 Å². The number of nitrogens with two attached hydrogens (primary N) is 1. The highest BCUT2D eigenvalue weighted by molar-refractivity contribution is 5.61. The predicted octanol–water partition coefficient (Wildman–Crippen LogP) is 1.77. The molecule has 5 heteroatoms. The summed E-state index contributed by atoms with van der Waals surface area (Å²) in [4.78, 5) is 2.01. The molecule has 108 valence electrons. The highest BCUT2D eigenvalue weighted by Crippen LogP contribution is 2.26. The Morgan fingerprint density at radius 2 is 1.89 bits per heavy atom. The Morgan fingerprint density at radius 1 is 1.11 bits per heavy atom. The third-order valence-electron chi connectivity index (χ3n) is 2.64. The molecule has 0 amide bonds. The van der Waals surface area contributed by atoms with Gasteiger partial charge < -0.3 is 24.8 Å². The standard InChI is InChI=1S/C14H24N2O3/c1-16(2)12-5-6-13(15)14(11-12)19-10-9-18-8-4-7-17-3/h5-6,11H,4,7-10,15H2,1-3H3. The van der Waals surface area contributed by atoms with Gasteiger partial charge in [-0.25, -0.2) is 0 Å². The van der Waals surface area contributed by atoms with Crippen LogP contribution < -0.4 is 15.4 Å². The topological polar surface area (TPSA) is 57.0 Å². The monoisotopic (exact) mass is 268 g/mol. The SMILES string of the molecule is COCCCOCCOc1cc(N(C)C)ccc1N. The first-order valence-electron chi connectivity index (χ1n) is 6.41. The van der Waals surface area contributed by atoms with Crippen LogP contribution in [-0.4, -0.2) is 47.6 Å². The molecule has 0 aliphatic carbocycles. The van der Waals surface area contributed by atoms with Crippen LogP contribution >= 0.6 is 0 Å². The van der Waals surface area contributed by atoms with Gasteiger partial charge in [-0.05, 0) is 18.6 Å². The minimum absolute atomic E-state index is 0.494. The minimum Gasteiger partial charge on any atom is -0.489 e. The van der Waals surface area contributed by atoms with Crippen molar-refractivity contribution in [3.63, 3.8) is 0 Å². The van der Waals surface area contributed by atoms with Crippen LogP contribution in [0.15, 0.2) is 18.2 Å². The van der Waals surface area contributed by atoms with Crippen molar-refractivity contribution < 1.29 is 14.2 Å². The summed E-state index contributed by atoms with van der Waals surface area (Å²) in [6.45, 7) is 2.45. The molecule has 2 N–H and O–H groups in total. The van der Waals surface area contributed by atoms with E-state index >= 15 is 0 Å². The summed E-state index contributed by atoms with van der Waals surface area (Å²) in [5.41, 5.74) is 7.57. The zero-order chi connectivity index (χ0) is 14.1. The van der Waals surface area contributed by atoms with E-state index in [1.165, 1.54) is 0 Å². The van der Waals surface area contributed by atoms with Crippen molar-refractivity contribution in [1.82, 2.24) is 0 Å². The van der Waals surface area contributed by atoms with Crippen LogP contribution in [-0.2, 0) is 9.47 Å². The van der Waals surface area contributed by atoms with Gasteiger partial charge in [0.1, 0.15) is 12.4 Å². The van der Waals surface area contributed by atoms with Crippen LogP contribution in [0.4, 0.5) is 11.4 Å². The fourth-order valence-electron chi connectivity index (χ4n) is 1.54. The second-order valence-electron chi connectivity index (χ2n) is 4.42. The zero-order valence-electron chi connectivity index (χ0n) is 12.0. The van der Waals surface area contributed by atoms with Crippen molar-refractivity contribution in [2.24, 2.45) is 0 Å². The summed E-state index contributed by atoms with van der Waals surface area (Å²) in [6.07, 6.45) is 0.898. The number of anilines is 2. The number of hydrogen-bond acceptors (Lipinski definition) is 5. The smallest absolute Gasteiger partial charge is 0.144 e. The molecular formula is C14H24N2O3. The van der Waals surface area contributed by atoms with E-state index in [4.69, 9.17) is 19.9 Å². The van der Waals surface area contributed by atoms with Crippen molar-refractivity contribution in [2.75, 3.05) is 58.3 Å². The van der Waals surface area contributed by atoms with E-state index in [0.29, 0.717) is 31.3 Å². The van der Waals surface area contributed by atoms with E-state index in [1.807, 2.05) is 37.2 Å². The van der Waals surface area contributed by atoms with Crippen molar-refractivity contribution in [3.05, 3.63) is 18.2 Å². The summed E-state index contributed by atoms with van der Waals surface area (Å²) >= 11 is 0. The maximum absolute atomic E-state index is 5.87. The van der Waals surface area contributed by atoms with Crippen LogP contribution in [0.5, 0.6) is 5.75 Å².